The maximum atomic E-state index is 12.0. The molecule has 1 aliphatic rings. The highest BCUT2D eigenvalue weighted by Crippen LogP contribution is 2.30. The lowest BCUT2D eigenvalue weighted by Gasteiger charge is -2.44. The van der Waals surface area contributed by atoms with Crippen LogP contribution in [0, 0.1) is 0 Å². The lowest BCUT2D eigenvalue weighted by Crippen LogP contribution is -2.58. The van der Waals surface area contributed by atoms with Gasteiger partial charge >= 0.3 is 5.69 Å². The van der Waals surface area contributed by atoms with Gasteiger partial charge in [-0.3, -0.25) is 9.78 Å². The molecule has 7 nitrogen and oxygen atoms in total. The molecule has 0 bridgehead atoms. The van der Waals surface area contributed by atoms with Gasteiger partial charge in [0.15, 0.2) is 0 Å². The van der Waals surface area contributed by atoms with E-state index >= 15 is 0 Å². The average molecular weight is 382 g/mol. The van der Waals surface area contributed by atoms with Crippen molar-refractivity contribution in [1.29, 1.82) is 0 Å². The van der Waals surface area contributed by atoms with Crippen LogP contribution in [0.5, 0.6) is 0 Å². The van der Waals surface area contributed by atoms with Crippen molar-refractivity contribution in [3.05, 3.63) is 39.4 Å². The molecule has 0 unspecified atom stereocenters. The zero-order valence-corrected chi connectivity index (χ0v) is 15.3. The second-order valence-electron chi connectivity index (χ2n) is 6.07. The van der Waals surface area contributed by atoms with Gasteiger partial charge in [-0.1, -0.05) is 29.8 Å². The van der Waals surface area contributed by atoms with Crippen molar-refractivity contribution in [3.8, 4) is 0 Å². The first-order valence-electron chi connectivity index (χ1n) is 7.77. The Hall–Kier alpha value is -2.12. The molecule has 0 spiro atoms. The van der Waals surface area contributed by atoms with E-state index in [0.717, 1.165) is 0 Å². The fraction of sp³-hybridized carbons (Fsp3) is 0.375. The zero-order valence-electron chi connectivity index (χ0n) is 13.8. The van der Waals surface area contributed by atoms with Gasteiger partial charge in [0.2, 0.25) is 5.91 Å². The van der Waals surface area contributed by atoms with E-state index in [1.54, 1.807) is 11.0 Å². The molecule has 0 radical (unpaired) electrons. The van der Waals surface area contributed by atoms with Crippen molar-refractivity contribution in [1.82, 2.24) is 19.9 Å². The van der Waals surface area contributed by atoms with Crippen molar-refractivity contribution in [2.45, 2.75) is 25.9 Å². The summed E-state index contributed by atoms with van der Waals surface area (Å²) in [5.74, 6) is 0.370. The predicted molar refractivity (Wildman–Crippen MR) is 98.4 cm³/mol. The van der Waals surface area contributed by atoms with E-state index in [4.69, 9.17) is 23.2 Å². The van der Waals surface area contributed by atoms with Crippen molar-refractivity contribution >= 4 is 46.0 Å². The van der Waals surface area contributed by atoms with Gasteiger partial charge in [0, 0.05) is 25.2 Å². The summed E-state index contributed by atoms with van der Waals surface area (Å²) in [6, 6.07) is 1.53. The lowest BCUT2D eigenvalue weighted by atomic mass is 10.1. The molecule has 0 saturated carbocycles. The molecule has 2 atom stereocenters. The Labute approximate surface area is 154 Å². The summed E-state index contributed by atoms with van der Waals surface area (Å²) in [5, 5.41) is 1.01. The van der Waals surface area contributed by atoms with Crippen LogP contribution in [0.3, 0.4) is 0 Å². The monoisotopic (exact) mass is 381 g/mol. The molecule has 2 aromatic heterocycles. The summed E-state index contributed by atoms with van der Waals surface area (Å²) in [6.45, 7) is 8.47. The SMILES string of the molecule is C=CC(=O)N1C[C@H](C)N(c2nc(=O)[nH]c3nc(Cl)c(Cl)cc23)C[C@H]1C. The Bertz CT molecular complexity index is 913. The summed E-state index contributed by atoms with van der Waals surface area (Å²) in [7, 11) is 0. The van der Waals surface area contributed by atoms with Crippen LogP contribution in [-0.4, -0.2) is 50.9 Å². The molecular formula is C16H17Cl2N5O2. The second-order valence-corrected chi connectivity index (χ2v) is 6.83. The predicted octanol–water partition coefficient (Wildman–Crippen LogP) is 2.24. The molecule has 0 aromatic carbocycles. The molecule has 1 aliphatic heterocycles. The van der Waals surface area contributed by atoms with Gasteiger partial charge in [0.1, 0.15) is 16.6 Å². The number of nitrogens with zero attached hydrogens (tertiary/aromatic N) is 4. The zero-order chi connectivity index (χ0) is 18.3. The van der Waals surface area contributed by atoms with Gasteiger partial charge in [-0.05, 0) is 26.0 Å². The highest BCUT2D eigenvalue weighted by atomic mass is 35.5. The van der Waals surface area contributed by atoms with Crippen LogP contribution >= 0.6 is 23.2 Å². The van der Waals surface area contributed by atoms with Crippen molar-refractivity contribution < 1.29 is 4.79 Å². The molecule has 1 saturated heterocycles. The molecule has 25 heavy (non-hydrogen) atoms. The van der Waals surface area contributed by atoms with Gasteiger partial charge in [-0.15, -0.1) is 0 Å². The Morgan fingerprint density at radius 1 is 1.32 bits per heavy atom. The molecule has 1 amide bonds. The largest absolute Gasteiger partial charge is 0.349 e. The van der Waals surface area contributed by atoms with E-state index in [9.17, 15) is 9.59 Å². The first kappa shape index (κ1) is 17.7. The van der Waals surface area contributed by atoms with Crippen LogP contribution < -0.4 is 10.6 Å². The first-order chi connectivity index (χ1) is 11.8. The Morgan fingerprint density at radius 3 is 2.72 bits per heavy atom. The van der Waals surface area contributed by atoms with Crippen LogP contribution in [0.4, 0.5) is 5.82 Å². The minimum Gasteiger partial charge on any atom is -0.349 e. The number of halogens is 2. The van der Waals surface area contributed by atoms with Gasteiger partial charge in [0.25, 0.3) is 0 Å². The standard InChI is InChI=1S/C16H17Cl2N5O2/c1-4-12(24)22-6-9(3)23(7-8(22)2)15-10-5-11(17)13(18)19-14(10)20-16(25)21-15/h4-5,8-9H,1,6-7H2,2-3H3,(H,19,20,21,25)/t8-,9+/m1/s1. The third kappa shape index (κ3) is 3.21. The van der Waals surface area contributed by atoms with Gasteiger partial charge in [-0.25, -0.2) is 9.78 Å². The quantitative estimate of drug-likeness (QED) is 0.636. The summed E-state index contributed by atoms with van der Waals surface area (Å²) in [5.41, 5.74) is -0.188. The van der Waals surface area contributed by atoms with Gasteiger partial charge in [-0.2, -0.15) is 4.98 Å². The molecule has 2 aromatic rings. The highest BCUT2D eigenvalue weighted by molar-refractivity contribution is 6.41. The number of anilines is 1. The number of hydrogen-bond donors (Lipinski definition) is 1. The number of fused-ring (bicyclic) bond motifs is 1. The number of carbonyl (C=O) groups is 1. The number of nitrogens with one attached hydrogen (secondary N) is 1. The number of pyridine rings is 1. The number of rotatable bonds is 2. The van der Waals surface area contributed by atoms with Gasteiger partial charge < -0.3 is 9.80 Å². The Kier molecular flexibility index (Phi) is 4.71. The second kappa shape index (κ2) is 6.65. The van der Waals surface area contributed by atoms with E-state index < -0.39 is 5.69 Å². The molecule has 1 fully saturated rings. The van der Waals surface area contributed by atoms with E-state index in [1.165, 1.54) is 6.08 Å². The van der Waals surface area contributed by atoms with E-state index in [-0.39, 0.29) is 28.2 Å². The fourth-order valence-electron chi connectivity index (χ4n) is 3.08. The number of carbonyl (C=O) groups excluding carboxylic acids is 1. The van der Waals surface area contributed by atoms with E-state index in [0.29, 0.717) is 29.9 Å². The molecule has 3 heterocycles. The molecule has 9 heteroatoms. The van der Waals surface area contributed by atoms with Crippen LogP contribution in [0.15, 0.2) is 23.5 Å². The summed E-state index contributed by atoms with van der Waals surface area (Å²) in [6.07, 6.45) is 1.31. The molecule has 132 valence electrons. The normalized spacial score (nSPS) is 20.8. The van der Waals surface area contributed by atoms with E-state index in [2.05, 4.69) is 21.5 Å². The summed E-state index contributed by atoms with van der Waals surface area (Å²) >= 11 is 12.0. The van der Waals surface area contributed by atoms with Crippen molar-refractivity contribution in [2.75, 3.05) is 18.0 Å². The van der Waals surface area contributed by atoms with Crippen LogP contribution in [-0.2, 0) is 4.79 Å². The third-order valence-electron chi connectivity index (χ3n) is 4.32. The Balaban J connectivity index is 2.07. The number of hydrogen-bond acceptors (Lipinski definition) is 5. The summed E-state index contributed by atoms with van der Waals surface area (Å²) in [4.78, 5) is 38.5. The molecule has 3 rings (SSSR count). The minimum atomic E-state index is -0.516. The van der Waals surface area contributed by atoms with Crippen LogP contribution in [0.1, 0.15) is 13.8 Å². The topological polar surface area (TPSA) is 82.2 Å². The fourth-order valence-corrected chi connectivity index (χ4v) is 3.37. The van der Waals surface area contributed by atoms with Crippen molar-refractivity contribution in [2.24, 2.45) is 0 Å². The summed E-state index contributed by atoms with van der Waals surface area (Å²) < 4.78 is 0. The maximum Gasteiger partial charge on any atom is 0.348 e. The Morgan fingerprint density at radius 2 is 2.04 bits per heavy atom. The lowest BCUT2D eigenvalue weighted by molar-refractivity contribution is -0.128. The van der Waals surface area contributed by atoms with E-state index in [1.807, 2.05) is 18.7 Å². The number of aromatic nitrogens is 3. The number of aromatic amines is 1. The molecule has 1 N–H and O–H groups in total. The number of piperazine rings is 1. The van der Waals surface area contributed by atoms with Crippen LogP contribution in [0.25, 0.3) is 11.0 Å². The molecular weight excluding hydrogens is 365 g/mol. The number of amides is 1. The first-order valence-corrected chi connectivity index (χ1v) is 8.53. The average Bonchev–Trinajstić information content (AvgIpc) is 2.56. The van der Waals surface area contributed by atoms with Crippen molar-refractivity contribution in [3.63, 3.8) is 0 Å². The van der Waals surface area contributed by atoms with Gasteiger partial charge in [0.05, 0.1) is 10.4 Å². The minimum absolute atomic E-state index is 0.0490. The highest BCUT2D eigenvalue weighted by Gasteiger charge is 2.32. The smallest absolute Gasteiger partial charge is 0.348 e. The molecule has 0 aliphatic carbocycles. The maximum absolute atomic E-state index is 12.0. The third-order valence-corrected chi connectivity index (χ3v) is 5.00. The van der Waals surface area contributed by atoms with Crippen LogP contribution in [0.2, 0.25) is 10.2 Å². The number of H-pyrrole nitrogens is 1.